The molecule has 0 bridgehead atoms. The Morgan fingerprint density at radius 1 is 1.22 bits per heavy atom. The molecule has 7 heteroatoms. The Bertz CT molecular complexity index is 925. The number of carbonyl (C=O) groups is 3. The van der Waals surface area contributed by atoms with Gasteiger partial charge in [-0.25, -0.2) is 9.69 Å². The van der Waals surface area contributed by atoms with E-state index in [1.807, 2.05) is 25.1 Å². The zero-order valence-electron chi connectivity index (χ0n) is 14.8. The van der Waals surface area contributed by atoms with Crippen LogP contribution in [0.25, 0.3) is 0 Å². The summed E-state index contributed by atoms with van der Waals surface area (Å²) in [4.78, 5) is 37.8. The van der Waals surface area contributed by atoms with Gasteiger partial charge >= 0.3 is 6.03 Å². The van der Waals surface area contributed by atoms with Gasteiger partial charge in [-0.2, -0.15) is 0 Å². The Kier molecular flexibility index (Phi) is 4.27. The molecule has 0 spiro atoms. The first-order chi connectivity index (χ1) is 13.0. The number of fused-ring (bicyclic) bond motifs is 1. The topological polar surface area (TPSA) is 87.7 Å². The van der Waals surface area contributed by atoms with Gasteiger partial charge in [0.05, 0.1) is 5.69 Å². The zero-order valence-corrected chi connectivity index (χ0v) is 14.8. The van der Waals surface area contributed by atoms with E-state index in [4.69, 9.17) is 4.74 Å². The summed E-state index contributed by atoms with van der Waals surface area (Å²) in [6.07, 6.45) is 0.149. The molecule has 4 rings (SSSR count). The maximum absolute atomic E-state index is 12.6. The predicted octanol–water partition coefficient (Wildman–Crippen LogP) is 2.38. The van der Waals surface area contributed by atoms with Crippen LogP contribution in [0, 0.1) is 6.92 Å². The van der Waals surface area contributed by atoms with Crippen molar-refractivity contribution in [2.75, 3.05) is 16.8 Å². The Hall–Kier alpha value is -3.35. The number of anilines is 2. The van der Waals surface area contributed by atoms with Crippen LogP contribution in [0.4, 0.5) is 16.2 Å². The van der Waals surface area contributed by atoms with Crippen LogP contribution in [-0.4, -0.2) is 30.5 Å². The second-order valence-electron chi connectivity index (χ2n) is 6.62. The largest absolute Gasteiger partial charge is 0.480 e. The molecule has 138 valence electrons. The molecule has 0 radical (unpaired) electrons. The summed E-state index contributed by atoms with van der Waals surface area (Å²) in [5.74, 6) is 0.228. The molecule has 2 aliphatic rings. The number of aryl methyl sites for hydroxylation is 1. The number of rotatable bonds is 3. The quantitative estimate of drug-likeness (QED) is 0.874. The van der Waals surface area contributed by atoms with Crippen molar-refractivity contribution in [1.82, 2.24) is 5.32 Å². The Balaban J connectivity index is 1.49. The smallest absolute Gasteiger partial charge is 0.328 e. The highest BCUT2D eigenvalue weighted by atomic mass is 16.5. The maximum atomic E-state index is 12.6. The van der Waals surface area contributed by atoms with E-state index >= 15 is 0 Å². The SMILES string of the molecule is Cc1cccc2c1OC(C(=O)Nc1cccc(N3C(=O)CCNC3=O)c1)C2. The van der Waals surface area contributed by atoms with Gasteiger partial charge in [0.2, 0.25) is 5.91 Å². The van der Waals surface area contributed by atoms with Gasteiger partial charge in [0.15, 0.2) is 6.10 Å². The van der Waals surface area contributed by atoms with E-state index in [0.29, 0.717) is 24.3 Å². The first kappa shape index (κ1) is 17.1. The van der Waals surface area contributed by atoms with Gasteiger partial charge < -0.3 is 15.4 Å². The molecule has 1 unspecified atom stereocenters. The number of imide groups is 1. The van der Waals surface area contributed by atoms with Crippen LogP contribution < -0.4 is 20.3 Å². The molecule has 27 heavy (non-hydrogen) atoms. The van der Waals surface area contributed by atoms with Gasteiger partial charge in [-0.3, -0.25) is 9.59 Å². The highest BCUT2D eigenvalue weighted by Gasteiger charge is 2.31. The van der Waals surface area contributed by atoms with E-state index in [1.54, 1.807) is 24.3 Å². The van der Waals surface area contributed by atoms with Crippen molar-refractivity contribution in [3.8, 4) is 5.75 Å². The van der Waals surface area contributed by atoms with E-state index in [1.165, 1.54) is 0 Å². The fourth-order valence-electron chi connectivity index (χ4n) is 3.36. The summed E-state index contributed by atoms with van der Waals surface area (Å²) in [6, 6.07) is 12.1. The van der Waals surface area contributed by atoms with E-state index in [9.17, 15) is 14.4 Å². The molecular weight excluding hydrogens is 346 g/mol. The van der Waals surface area contributed by atoms with Crippen molar-refractivity contribution in [3.63, 3.8) is 0 Å². The summed E-state index contributed by atoms with van der Waals surface area (Å²) in [6.45, 7) is 2.28. The van der Waals surface area contributed by atoms with E-state index < -0.39 is 12.1 Å². The summed E-state index contributed by atoms with van der Waals surface area (Å²) in [5.41, 5.74) is 2.93. The van der Waals surface area contributed by atoms with Crippen LogP contribution in [-0.2, 0) is 16.0 Å². The van der Waals surface area contributed by atoms with Gasteiger partial charge in [0, 0.05) is 25.1 Å². The second-order valence-corrected chi connectivity index (χ2v) is 6.62. The Morgan fingerprint density at radius 2 is 2.04 bits per heavy atom. The van der Waals surface area contributed by atoms with Crippen LogP contribution in [0.1, 0.15) is 17.5 Å². The molecule has 0 saturated carbocycles. The highest BCUT2D eigenvalue weighted by molar-refractivity contribution is 6.16. The Morgan fingerprint density at radius 3 is 2.81 bits per heavy atom. The lowest BCUT2D eigenvalue weighted by Gasteiger charge is -2.26. The third-order valence-electron chi connectivity index (χ3n) is 4.69. The molecular formula is C20H19N3O4. The van der Waals surface area contributed by atoms with Crippen LogP contribution >= 0.6 is 0 Å². The van der Waals surface area contributed by atoms with Crippen LogP contribution in [0.5, 0.6) is 5.75 Å². The number of amides is 4. The minimum absolute atomic E-state index is 0.246. The van der Waals surface area contributed by atoms with E-state index in [0.717, 1.165) is 21.8 Å². The van der Waals surface area contributed by atoms with Crippen molar-refractivity contribution >= 4 is 29.2 Å². The molecule has 2 aliphatic heterocycles. The molecule has 7 nitrogen and oxygen atoms in total. The van der Waals surface area contributed by atoms with Gasteiger partial charge in [-0.05, 0) is 36.2 Å². The normalized spacial score (nSPS) is 18.6. The van der Waals surface area contributed by atoms with Gasteiger partial charge in [-0.1, -0.05) is 24.3 Å². The van der Waals surface area contributed by atoms with Crippen molar-refractivity contribution in [1.29, 1.82) is 0 Å². The third kappa shape index (κ3) is 3.23. The average molecular weight is 365 g/mol. The summed E-state index contributed by atoms with van der Waals surface area (Å²) < 4.78 is 5.81. The van der Waals surface area contributed by atoms with Gasteiger partial charge in [0.1, 0.15) is 5.75 Å². The standard InChI is InChI=1S/C20H19N3O4/c1-12-4-2-5-13-10-16(27-18(12)13)19(25)22-14-6-3-7-15(11-14)23-17(24)8-9-21-20(23)26/h2-7,11,16H,8-10H2,1H3,(H,21,26)(H,22,25). The fraction of sp³-hybridized carbons (Fsp3) is 0.250. The van der Waals surface area contributed by atoms with Crippen molar-refractivity contribution < 1.29 is 19.1 Å². The average Bonchev–Trinajstić information content (AvgIpc) is 3.08. The highest BCUT2D eigenvalue weighted by Crippen LogP contribution is 2.32. The summed E-state index contributed by atoms with van der Waals surface area (Å²) in [7, 11) is 0. The molecule has 1 atom stereocenters. The summed E-state index contributed by atoms with van der Waals surface area (Å²) >= 11 is 0. The number of carbonyl (C=O) groups excluding carboxylic acids is 3. The number of nitrogens with one attached hydrogen (secondary N) is 2. The minimum atomic E-state index is -0.607. The first-order valence-electron chi connectivity index (χ1n) is 8.80. The Labute approximate surface area is 156 Å². The molecule has 1 fully saturated rings. The molecule has 4 amide bonds. The zero-order chi connectivity index (χ0) is 19.0. The molecule has 1 saturated heterocycles. The molecule has 0 aliphatic carbocycles. The third-order valence-corrected chi connectivity index (χ3v) is 4.69. The molecule has 2 aromatic carbocycles. The number of para-hydroxylation sites is 1. The first-order valence-corrected chi connectivity index (χ1v) is 8.80. The lowest BCUT2D eigenvalue weighted by atomic mass is 10.1. The molecule has 2 N–H and O–H groups in total. The lowest BCUT2D eigenvalue weighted by molar-refractivity contribution is -0.122. The monoisotopic (exact) mass is 365 g/mol. The van der Waals surface area contributed by atoms with Crippen LogP contribution in [0.15, 0.2) is 42.5 Å². The van der Waals surface area contributed by atoms with E-state index in [2.05, 4.69) is 10.6 Å². The number of hydrogen-bond donors (Lipinski definition) is 2. The fourth-order valence-corrected chi connectivity index (χ4v) is 3.36. The predicted molar refractivity (Wildman–Crippen MR) is 99.9 cm³/mol. The van der Waals surface area contributed by atoms with Crippen molar-refractivity contribution in [2.24, 2.45) is 0 Å². The van der Waals surface area contributed by atoms with Crippen LogP contribution in [0.2, 0.25) is 0 Å². The van der Waals surface area contributed by atoms with Crippen molar-refractivity contribution in [2.45, 2.75) is 25.9 Å². The van der Waals surface area contributed by atoms with Crippen molar-refractivity contribution in [3.05, 3.63) is 53.6 Å². The molecule has 2 aromatic rings. The number of nitrogens with zero attached hydrogens (tertiary/aromatic N) is 1. The number of ether oxygens (including phenoxy) is 1. The number of urea groups is 1. The maximum Gasteiger partial charge on any atom is 0.328 e. The second kappa shape index (κ2) is 6.75. The van der Waals surface area contributed by atoms with Gasteiger partial charge in [0.25, 0.3) is 5.91 Å². The lowest BCUT2D eigenvalue weighted by Crippen LogP contribution is -2.50. The molecule has 0 aromatic heterocycles. The van der Waals surface area contributed by atoms with E-state index in [-0.39, 0.29) is 18.2 Å². The minimum Gasteiger partial charge on any atom is -0.480 e. The molecule has 2 heterocycles. The van der Waals surface area contributed by atoms with Crippen LogP contribution in [0.3, 0.4) is 0 Å². The van der Waals surface area contributed by atoms with Gasteiger partial charge in [-0.15, -0.1) is 0 Å². The summed E-state index contributed by atoms with van der Waals surface area (Å²) in [5, 5.41) is 5.45. The number of benzene rings is 2. The number of hydrogen-bond acceptors (Lipinski definition) is 4.